The van der Waals surface area contributed by atoms with Gasteiger partial charge in [0.1, 0.15) is 6.10 Å². The van der Waals surface area contributed by atoms with Crippen molar-refractivity contribution in [3.05, 3.63) is 33.8 Å². The van der Waals surface area contributed by atoms with Crippen LogP contribution in [-0.2, 0) is 14.9 Å². The number of rotatable bonds is 3. The van der Waals surface area contributed by atoms with Crippen LogP contribution < -0.4 is 10.6 Å². The zero-order valence-electron chi connectivity index (χ0n) is 15.7. The van der Waals surface area contributed by atoms with Gasteiger partial charge in [-0.2, -0.15) is 0 Å². The van der Waals surface area contributed by atoms with Gasteiger partial charge in [-0.25, -0.2) is 0 Å². The third kappa shape index (κ3) is 3.96. The Labute approximate surface area is 163 Å². The van der Waals surface area contributed by atoms with Crippen molar-refractivity contribution < 1.29 is 14.3 Å². The second-order valence-electron chi connectivity index (χ2n) is 8.41. The zero-order valence-corrected chi connectivity index (χ0v) is 17.2. The van der Waals surface area contributed by atoms with Gasteiger partial charge in [-0.05, 0) is 49.0 Å². The van der Waals surface area contributed by atoms with Crippen LogP contribution in [0.2, 0.25) is 0 Å². The number of hydrogen-bond acceptors (Lipinski definition) is 4. The molecular weight excluding hydrogens is 396 g/mol. The summed E-state index contributed by atoms with van der Waals surface area (Å²) < 4.78 is 6.44. The molecular formula is C20H27BrN2O3. The lowest BCUT2D eigenvalue weighted by Gasteiger charge is -2.29. The summed E-state index contributed by atoms with van der Waals surface area (Å²) >= 11 is 3.45. The highest BCUT2D eigenvalue weighted by Crippen LogP contribution is 2.41. The first-order valence-electron chi connectivity index (χ1n) is 9.21. The van der Waals surface area contributed by atoms with Gasteiger partial charge in [-0.3, -0.25) is 9.59 Å². The molecule has 0 radical (unpaired) electrons. The monoisotopic (exact) mass is 422 g/mol. The molecule has 0 saturated carbocycles. The van der Waals surface area contributed by atoms with E-state index in [9.17, 15) is 9.59 Å². The summed E-state index contributed by atoms with van der Waals surface area (Å²) in [6.45, 7) is 8.32. The van der Waals surface area contributed by atoms with Gasteiger partial charge in [0, 0.05) is 16.5 Å². The maximum Gasteiger partial charge on any atom is 0.312 e. The summed E-state index contributed by atoms with van der Waals surface area (Å²) in [5.41, 5.74) is 1.17. The van der Waals surface area contributed by atoms with Gasteiger partial charge < -0.3 is 15.4 Å². The normalized spacial score (nSPS) is 22.3. The number of benzene rings is 1. The highest BCUT2D eigenvalue weighted by Gasteiger charge is 2.49. The smallest absolute Gasteiger partial charge is 0.312 e. The fourth-order valence-electron chi connectivity index (χ4n) is 3.92. The van der Waals surface area contributed by atoms with E-state index in [0.717, 1.165) is 36.0 Å². The van der Waals surface area contributed by atoms with Gasteiger partial charge in [0.15, 0.2) is 0 Å². The minimum absolute atomic E-state index is 0.101. The molecule has 0 aliphatic carbocycles. The first-order valence-corrected chi connectivity index (χ1v) is 10.0. The molecule has 2 fully saturated rings. The molecule has 5 nitrogen and oxygen atoms in total. The Morgan fingerprint density at radius 3 is 2.69 bits per heavy atom. The summed E-state index contributed by atoms with van der Waals surface area (Å²) in [7, 11) is 0. The van der Waals surface area contributed by atoms with E-state index in [-0.39, 0.29) is 28.8 Å². The molecule has 1 atom stereocenters. The van der Waals surface area contributed by atoms with Crippen LogP contribution in [0, 0.1) is 5.41 Å². The average Bonchev–Trinajstić information content (AvgIpc) is 2.87. The highest BCUT2D eigenvalue weighted by molar-refractivity contribution is 9.10. The van der Waals surface area contributed by atoms with Gasteiger partial charge in [0.05, 0.1) is 12.0 Å². The fraction of sp³-hybridized carbons (Fsp3) is 0.600. The number of carbonyl (C=O) groups is 2. The summed E-state index contributed by atoms with van der Waals surface area (Å²) in [4.78, 5) is 25.1. The summed E-state index contributed by atoms with van der Waals surface area (Å²) in [5, 5.41) is 6.26. The third-order valence-electron chi connectivity index (χ3n) is 5.41. The minimum atomic E-state index is -0.354. The predicted octanol–water partition coefficient (Wildman–Crippen LogP) is 3.16. The van der Waals surface area contributed by atoms with Crippen LogP contribution in [0.1, 0.15) is 56.0 Å². The molecule has 3 rings (SSSR count). The minimum Gasteiger partial charge on any atom is -0.460 e. The standard InChI is InChI=1S/C20H27BrN2O3/c1-19(2,3)16-5-4-13(21)10-15(16)17(24)23-12-14-11-20(18(25)26-14)6-8-22-9-7-20/h4-5,10,14,22H,6-9,11-12H2,1-3H3,(H,23,24). The predicted molar refractivity (Wildman–Crippen MR) is 104 cm³/mol. The van der Waals surface area contributed by atoms with E-state index in [2.05, 4.69) is 47.3 Å². The Kier molecular flexibility index (Phi) is 5.45. The molecule has 2 N–H and O–H groups in total. The van der Waals surface area contributed by atoms with Crippen molar-refractivity contribution in [3.63, 3.8) is 0 Å². The van der Waals surface area contributed by atoms with Gasteiger partial charge in [0.2, 0.25) is 0 Å². The lowest BCUT2D eigenvalue weighted by atomic mass is 9.76. The fourth-order valence-corrected chi connectivity index (χ4v) is 4.29. The van der Waals surface area contributed by atoms with Crippen molar-refractivity contribution in [2.45, 2.75) is 51.6 Å². The third-order valence-corrected chi connectivity index (χ3v) is 5.90. The van der Waals surface area contributed by atoms with Crippen LogP contribution >= 0.6 is 15.9 Å². The second-order valence-corrected chi connectivity index (χ2v) is 9.33. The molecule has 1 unspecified atom stereocenters. The Balaban J connectivity index is 1.67. The van der Waals surface area contributed by atoms with E-state index in [4.69, 9.17) is 4.74 Å². The molecule has 6 heteroatoms. The van der Waals surface area contributed by atoms with E-state index in [1.54, 1.807) is 0 Å². The Hall–Kier alpha value is -1.40. The zero-order chi connectivity index (χ0) is 18.9. The number of ether oxygens (including phenoxy) is 1. The first-order chi connectivity index (χ1) is 12.2. The van der Waals surface area contributed by atoms with Crippen LogP contribution in [-0.4, -0.2) is 37.6 Å². The van der Waals surface area contributed by atoms with Crippen LogP contribution in [0.5, 0.6) is 0 Å². The molecule has 0 bridgehead atoms. The number of cyclic esters (lactones) is 1. The lowest BCUT2D eigenvalue weighted by molar-refractivity contribution is -0.149. The summed E-state index contributed by atoms with van der Waals surface area (Å²) in [6.07, 6.45) is 2.08. The molecule has 142 valence electrons. The maximum absolute atomic E-state index is 12.8. The number of nitrogens with one attached hydrogen (secondary N) is 2. The highest BCUT2D eigenvalue weighted by atomic mass is 79.9. The van der Waals surface area contributed by atoms with Gasteiger partial charge in [0.25, 0.3) is 5.91 Å². The molecule has 1 aromatic rings. The number of carbonyl (C=O) groups excluding carboxylic acids is 2. The molecule has 0 aromatic heterocycles. The average molecular weight is 423 g/mol. The van der Waals surface area contributed by atoms with Crippen molar-refractivity contribution in [1.29, 1.82) is 0 Å². The number of halogens is 1. The van der Waals surface area contributed by atoms with Crippen molar-refractivity contribution in [2.75, 3.05) is 19.6 Å². The van der Waals surface area contributed by atoms with E-state index < -0.39 is 0 Å². The first kappa shape index (κ1) is 19.4. The Bertz CT molecular complexity index is 705. The lowest BCUT2D eigenvalue weighted by Crippen LogP contribution is -2.40. The van der Waals surface area contributed by atoms with Crippen LogP contribution in [0.3, 0.4) is 0 Å². The maximum atomic E-state index is 12.8. The van der Waals surface area contributed by atoms with Gasteiger partial charge in [-0.15, -0.1) is 0 Å². The number of piperidine rings is 1. The Morgan fingerprint density at radius 2 is 2.04 bits per heavy atom. The largest absolute Gasteiger partial charge is 0.460 e. The second kappa shape index (κ2) is 7.31. The quantitative estimate of drug-likeness (QED) is 0.734. The van der Waals surface area contributed by atoms with E-state index in [1.165, 1.54) is 0 Å². The van der Waals surface area contributed by atoms with E-state index in [0.29, 0.717) is 18.5 Å². The van der Waals surface area contributed by atoms with Gasteiger partial charge in [-0.1, -0.05) is 42.8 Å². The Morgan fingerprint density at radius 1 is 1.35 bits per heavy atom. The molecule has 26 heavy (non-hydrogen) atoms. The van der Waals surface area contributed by atoms with Crippen molar-refractivity contribution in [3.8, 4) is 0 Å². The van der Waals surface area contributed by atoms with Crippen molar-refractivity contribution >= 4 is 27.8 Å². The molecule has 2 saturated heterocycles. The number of esters is 1. The SMILES string of the molecule is CC(C)(C)c1ccc(Br)cc1C(=O)NCC1CC2(CCNCC2)C(=O)O1. The van der Waals surface area contributed by atoms with Crippen LogP contribution in [0.25, 0.3) is 0 Å². The van der Waals surface area contributed by atoms with Crippen molar-refractivity contribution in [1.82, 2.24) is 10.6 Å². The van der Waals surface area contributed by atoms with Crippen LogP contribution in [0.4, 0.5) is 0 Å². The van der Waals surface area contributed by atoms with E-state index >= 15 is 0 Å². The molecule has 1 spiro atoms. The topological polar surface area (TPSA) is 67.4 Å². The van der Waals surface area contributed by atoms with Crippen molar-refractivity contribution in [2.24, 2.45) is 5.41 Å². The molecule has 1 aromatic carbocycles. The van der Waals surface area contributed by atoms with E-state index in [1.807, 2.05) is 18.2 Å². The number of hydrogen-bond donors (Lipinski definition) is 2. The summed E-state index contributed by atoms with van der Waals surface area (Å²) in [5.74, 6) is -0.227. The molecule has 2 aliphatic heterocycles. The van der Waals surface area contributed by atoms with Gasteiger partial charge >= 0.3 is 5.97 Å². The summed E-state index contributed by atoms with van der Waals surface area (Å²) in [6, 6.07) is 5.79. The molecule has 2 aliphatic rings. The van der Waals surface area contributed by atoms with Crippen LogP contribution in [0.15, 0.2) is 22.7 Å². The molecule has 1 amide bonds. The number of amides is 1. The molecule has 2 heterocycles.